The lowest BCUT2D eigenvalue weighted by molar-refractivity contribution is 0.0928. The number of carbonyl (C=O) groups is 1. The molecule has 0 aliphatic carbocycles. The van der Waals surface area contributed by atoms with E-state index in [2.05, 4.69) is 25.6 Å². The van der Waals surface area contributed by atoms with Crippen molar-refractivity contribution >= 4 is 11.7 Å². The summed E-state index contributed by atoms with van der Waals surface area (Å²) in [6.07, 6.45) is 5.32. The predicted octanol–water partition coefficient (Wildman–Crippen LogP) is 2.12. The maximum atomic E-state index is 12.6. The van der Waals surface area contributed by atoms with E-state index in [0.29, 0.717) is 5.78 Å². The van der Waals surface area contributed by atoms with Crippen LogP contribution in [0.15, 0.2) is 48.9 Å². The van der Waals surface area contributed by atoms with Gasteiger partial charge in [-0.3, -0.25) is 9.20 Å². The lowest BCUT2D eigenvalue weighted by Gasteiger charge is -2.11. The Morgan fingerprint density at radius 3 is 2.93 bits per heavy atom. The number of nitrogens with zero attached hydrogens (tertiary/aromatic N) is 6. The van der Waals surface area contributed by atoms with Crippen molar-refractivity contribution in [2.75, 3.05) is 7.11 Å². The molecule has 3 heterocycles. The average molecular weight is 377 g/mol. The number of hydrogen-bond donors (Lipinski definition) is 1. The SMILES string of the molecule is COc1cccc(-n2cc([C@@H](C)NC(=O)c3nnc4nc(C)ccn34)cn2)c1. The van der Waals surface area contributed by atoms with E-state index < -0.39 is 0 Å². The van der Waals surface area contributed by atoms with E-state index in [0.717, 1.165) is 22.7 Å². The van der Waals surface area contributed by atoms with Crippen molar-refractivity contribution < 1.29 is 9.53 Å². The fraction of sp³-hybridized carbons (Fsp3) is 0.211. The minimum atomic E-state index is -0.334. The molecule has 142 valence electrons. The molecule has 0 bridgehead atoms. The third kappa shape index (κ3) is 3.29. The molecule has 4 rings (SSSR count). The normalized spacial score (nSPS) is 12.1. The number of nitrogens with one attached hydrogen (secondary N) is 1. The Hall–Kier alpha value is -3.75. The summed E-state index contributed by atoms with van der Waals surface area (Å²) in [6.45, 7) is 3.74. The fourth-order valence-corrected chi connectivity index (χ4v) is 2.83. The summed E-state index contributed by atoms with van der Waals surface area (Å²) in [7, 11) is 1.62. The highest BCUT2D eigenvalue weighted by atomic mass is 16.5. The molecule has 1 aromatic carbocycles. The van der Waals surface area contributed by atoms with Crippen LogP contribution in [0.1, 0.15) is 34.8 Å². The first kappa shape index (κ1) is 17.7. The van der Waals surface area contributed by atoms with E-state index in [1.165, 1.54) is 0 Å². The smallest absolute Gasteiger partial charge is 0.290 e. The highest BCUT2D eigenvalue weighted by Gasteiger charge is 2.19. The molecule has 1 amide bonds. The van der Waals surface area contributed by atoms with Gasteiger partial charge in [-0.2, -0.15) is 5.10 Å². The molecule has 0 fully saturated rings. The Labute approximate surface area is 161 Å². The largest absolute Gasteiger partial charge is 0.497 e. The molecule has 0 aliphatic rings. The molecule has 9 nitrogen and oxygen atoms in total. The second-order valence-corrected chi connectivity index (χ2v) is 6.38. The number of aryl methyl sites for hydroxylation is 1. The van der Waals surface area contributed by atoms with Crippen molar-refractivity contribution in [1.29, 1.82) is 0 Å². The fourth-order valence-electron chi connectivity index (χ4n) is 2.83. The third-order valence-corrected chi connectivity index (χ3v) is 4.39. The first-order chi connectivity index (χ1) is 13.5. The standard InChI is InChI=1S/C19H19N7O2/c1-12-7-8-25-17(23-24-19(25)21-12)18(27)22-13(2)14-10-20-26(11-14)15-5-4-6-16(9-15)28-3/h4-11,13H,1-3H3,(H,22,27)/t13-/m1/s1. The molecule has 28 heavy (non-hydrogen) atoms. The molecule has 0 saturated carbocycles. The van der Waals surface area contributed by atoms with Gasteiger partial charge in [-0.1, -0.05) is 6.07 Å². The Balaban J connectivity index is 1.52. The summed E-state index contributed by atoms with van der Waals surface area (Å²) in [4.78, 5) is 16.9. The number of fused-ring (bicyclic) bond motifs is 1. The number of rotatable bonds is 5. The number of hydrogen-bond acceptors (Lipinski definition) is 6. The van der Waals surface area contributed by atoms with Gasteiger partial charge in [0.2, 0.25) is 5.82 Å². The molecule has 0 spiro atoms. The molecule has 0 radical (unpaired) electrons. The Morgan fingerprint density at radius 1 is 1.25 bits per heavy atom. The first-order valence-corrected chi connectivity index (χ1v) is 8.73. The van der Waals surface area contributed by atoms with Crippen LogP contribution in [0, 0.1) is 6.92 Å². The minimum absolute atomic E-state index is 0.189. The number of aromatic nitrogens is 6. The van der Waals surface area contributed by atoms with E-state index in [1.807, 2.05) is 44.3 Å². The van der Waals surface area contributed by atoms with Crippen molar-refractivity contribution in [3.63, 3.8) is 0 Å². The van der Waals surface area contributed by atoms with Gasteiger partial charge in [-0.25, -0.2) is 9.67 Å². The van der Waals surface area contributed by atoms with Crippen LogP contribution in [0.25, 0.3) is 11.5 Å². The number of amides is 1. The van der Waals surface area contributed by atoms with Gasteiger partial charge in [-0.15, -0.1) is 10.2 Å². The van der Waals surface area contributed by atoms with Crippen LogP contribution in [0.3, 0.4) is 0 Å². The molecule has 0 unspecified atom stereocenters. The van der Waals surface area contributed by atoms with E-state index >= 15 is 0 Å². The molecule has 0 aliphatic heterocycles. The highest BCUT2D eigenvalue weighted by Crippen LogP contribution is 2.18. The van der Waals surface area contributed by atoms with Crippen LogP contribution < -0.4 is 10.1 Å². The number of methoxy groups -OCH3 is 1. The number of ether oxygens (including phenoxy) is 1. The lowest BCUT2D eigenvalue weighted by Crippen LogP contribution is -2.28. The van der Waals surface area contributed by atoms with Crippen LogP contribution in [-0.4, -0.2) is 42.4 Å². The van der Waals surface area contributed by atoms with Gasteiger partial charge >= 0.3 is 0 Å². The van der Waals surface area contributed by atoms with Crippen molar-refractivity contribution in [3.8, 4) is 11.4 Å². The predicted molar refractivity (Wildman–Crippen MR) is 102 cm³/mol. The van der Waals surface area contributed by atoms with Crippen LogP contribution in [0.5, 0.6) is 5.75 Å². The van der Waals surface area contributed by atoms with Gasteiger partial charge in [0.1, 0.15) is 5.75 Å². The maximum absolute atomic E-state index is 12.6. The van der Waals surface area contributed by atoms with Crippen molar-refractivity contribution in [1.82, 2.24) is 34.7 Å². The van der Waals surface area contributed by atoms with Crippen LogP contribution in [-0.2, 0) is 0 Å². The molecule has 1 N–H and O–H groups in total. The molecular formula is C19H19N7O2. The van der Waals surface area contributed by atoms with Gasteiger partial charge < -0.3 is 10.1 Å². The third-order valence-electron chi connectivity index (χ3n) is 4.39. The van der Waals surface area contributed by atoms with Crippen molar-refractivity contribution in [2.24, 2.45) is 0 Å². The molecule has 3 aromatic heterocycles. The van der Waals surface area contributed by atoms with Crippen LogP contribution in [0.4, 0.5) is 0 Å². The van der Waals surface area contributed by atoms with Crippen molar-refractivity contribution in [3.05, 3.63) is 66.0 Å². The monoisotopic (exact) mass is 377 g/mol. The van der Waals surface area contributed by atoms with Crippen molar-refractivity contribution in [2.45, 2.75) is 19.9 Å². The zero-order valence-corrected chi connectivity index (χ0v) is 15.7. The van der Waals surface area contributed by atoms with E-state index in [-0.39, 0.29) is 17.8 Å². The zero-order chi connectivity index (χ0) is 19.7. The minimum Gasteiger partial charge on any atom is -0.497 e. The molecule has 1 atom stereocenters. The average Bonchev–Trinajstić information content (AvgIpc) is 3.35. The summed E-state index contributed by atoms with van der Waals surface area (Å²) in [6, 6.07) is 9.12. The summed E-state index contributed by atoms with van der Waals surface area (Å²) in [5.41, 5.74) is 2.54. The summed E-state index contributed by atoms with van der Waals surface area (Å²) in [5, 5.41) is 15.2. The zero-order valence-electron chi connectivity index (χ0n) is 15.7. The van der Waals surface area contributed by atoms with Gasteiger partial charge in [0, 0.05) is 29.7 Å². The molecular weight excluding hydrogens is 358 g/mol. The Kier molecular flexibility index (Phi) is 4.48. The first-order valence-electron chi connectivity index (χ1n) is 8.73. The second kappa shape index (κ2) is 7.10. The summed E-state index contributed by atoms with van der Waals surface area (Å²) < 4.78 is 8.55. The van der Waals surface area contributed by atoms with Gasteiger partial charge in [0.25, 0.3) is 11.7 Å². The maximum Gasteiger partial charge on any atom is 0.290 e. The van der Waals surface area contributed by atoms with Crippen LogP contribution in [0.2, 0.25) is 0 Å². The summed E-state index contributed by atoms with van der Waals surface area (Å²) in [5.74, 6) is 0.997. The molecule has 0 saturated heterocycles. The second-order valence-electron chi connectivity index (χ2n) is 6.38. The molecule has 4 aromatic rings. The quantitative estimate of drug-likeness (QED) is 0.572. The van der Waals surface area contributed by atoms with E-state index in [9.17, 15) is 4.79 Å². The topological polar surface area (TPSA) is 99.2 Å². The number of carbonyl (C=O) groups excluding carboxylic acids is 1. The number of benzene rings is 1. The Morgan fingerprint density at radius 2 is 2.11 bits per heavy atom. The Bertz CT molecular complexity index is 1150. The highest BCUT2D eigenvalue weighted by molar-refractivity contribution is 5.91. The summed E-state index contributed by atoms with van der Waals surface area (Å²) >= 11 is 0. The van der Waals surface area contributed by atoms with Gasteiger partial charge in [0.15, 0.2) is 0 Å². The van der Waals surface area contributed by atoms with E-state index in [1.54, 1.807) is 34.7 Å². The van der Waals surface area contributed by atoms with E-state index in [4.69, 9.17) is 4.74 Å². The van der Waals surface area contributed by atoms with Crippen LogP contribution >= 0.6 is 0 Å². The lowest BCUT2D eigenvalue weighted by atomic mass is 10.2. The van der Waals surface area contributed by atoms with Gasteiger partial charge in [0.05, 0.1) is 25.0 Å². The molecule has 9 heteroatoms. The van der Waals surface area contributed by atoms with Gasteiger partial charge in [-0.05, 0) is 32.0 Å².